The maximum atomic E-state index is 10.5. The molecule has 1 heterocycles. The topological polar surface area (TPSA) is 117 Å². The summed E-state index contributed by atoms with van der Waals surface area (Å²) in [4.78, 5) is 10.5. The average Bonchev–Trinajstić information content (AvgIpc) is 2.65. The van der Waals surface area contributed by atoms with Crippen molar-refractivity contribution < 1.29 is 24.5 Å². The van der Waals surface area contributed by atoms with E-state index >= 15 is 0 Å². The van der Waals surface area contributed by atoms with E-state index < -0.39 is 18.2 Å². The Balaban J connectivity index is 2.73. The molecule has 0 radical (unpaired) electrons. The number of carbonyl (C=O) groups is 1. The molecular weight excluding hydrogens is 202 g/mol. The van der Waals surface area contributed by atoms with E-state index in [1.807, 2.05) is 0 Å². The van der Waals surface area contributed by atoms with Crippen LogP contribution in [0.2, 0.25) is 0 Å². The molecule has 0 aromatic carbocycles. The molecule has 6 nitrogen and oxygen atoms in total. The van der Waals surface area contributed by atoms with Crippen molar-refractivity contribution in [2.75, 3.05) is 6.54 Å². The van der Waals surface area contributed by atoms with E-state index in [2.05, 4.69) is 0 Å². The molecule has 84 valence electrons. The Morgan fingerprint density at radius 3 is 2.60 bits per heavy atom. The van der Waals surface area contributed by atoms with Crippen molar-refractivity contribution in [1.82, 2.24) is 0 Å². The second-order valence-corrected chi connectivity index (χ2v) is 3.10. The first-order valence-electron chi connectivity index (χ1n) is 4.45. The predicted molar refractivity (Wildman–Crippen MR) is 50.3 cm³/mol. The van der Waals surface area contributed by atoms with Gasteiger partial charge in [0.1, 0.15) is 11.9 Å². The zero-order valence-electron chi connectivity index (χ0n) is 7.96. The fourth-order valence-corrected chi connectivity index (χ4v) is 1.14. The van der Waals surface area contributed by atoms with Gasteiger partial charge >= 0.3 is 5.97 Å². The summed E-state index contributed by atoms with van der Waals surface area (Å²) in [7, 11) is 0. The molecule has 0 saturated carbocycles. The van der Waals surface area contributed by atoms with Crippen LogP contribution in [0.4, 0.5) is 0 Å². The number of aromatic carboxylic acids is 1. The van der Waals surface area contributed by atoms with E-state index in [1.165, 1.54) is 12.1 Å². The minimum absolute atomic E-state index is 0.0216. The van der Waals surface area contributed by atoms with Gasteiger partial charge < -0.3 is 25.5 Å². The number of rotatable bonds is 5. The molecule has 0 fully saturated rings. The number of carboxylic acids is 1. The summed E-state index contributed by atoms with van der Waals surface area (Å²) in [5, 5.41) is 27.5. The minimum atomic E-state index is -1.25. The van der Waals surface area contributed by atoms with Crippen LogP contribution >= 0.6 is 0 Å². The number of carboxylic acid groups (broad SMARTS) is 1. The van der Waals surface area contributed by atoms with Crippen LogP contribution in [-0.4, -0.2) is 33.9 Å². The predicted octanol–water partition coefficient (Wildman–Crippen LogP) is -0.279. The molecule has 0 aliphatic heterocycles. The van der Waals surface area contributed by atoms with Crippen molar-refractivity contribution in [3.63, 3.8) is 0 Å². The molecule has 0 aliphatic rings. The highest BCUT2D eigenvalue weighted by atomic mass is 16.4. The Labute approximate surface area is 85.9 Å². The summed E-state index contributed by atoms with van der Waals surface area (Å²) in [5.74, 6) is -1.47. The van der Waals surface area contributed by atoms with Gasteiger partial charge in [-0.25, -0.2) is 4.79 Å². The maximum Gasteiger partial charge on any atom is 0.371 e. The van der Waals surface area contributed by atoms with Gasteiger partial charge in [-0.3, -0.25) is 0 Å². The molecule has 2 atom stereocenters. The highest BCUT2D eigenvalue weighted by Crippen LogP contribution is 2.21. The van der Waals surface area contributed by atoms with Crippen LogP contribution in [-0.2, 0) is 0 Å². The Bertz CT molecular complexity index is 335. The fourth-order valence-electron chi connectivity index (χ4n) is 1.14. The molecule has 0 spiro atoms. The van der Waals surface area contributed by atoms with Crippen LogP contribution < -0.4 is 5.73 Å². The monoisotopic (exact) mass is 215 g/mol. The highest BCUT2D eigenvalue weighted by Gasteiger charge is 2.22. The van der Waals surface area contributed by atoms with Crippen LogP contribution in [0.15, 0.2) is 16.5 Å². The van der Waals surface area contributed by atoms with E-state index in [0.717, 1.165) is 0 Å². The molecule has 0 saturated heterocycles. The lowest BCUT2D eigenvalue weighted by Gasteiger charge is -2.14. The lowest BCUT2D eigenvalue weighted by Crippen LogP contribution is -2.21. The van der Waals surface area contributed by atoms with Gasteiger partial charge in [0.15, 0.2) is 0 Å². The zero-order valence-corrected chi connectivity index (χ0v) is 7.96. The quantitative estimate of drug-likeness (QED) is 0.536. The standard InChI is InChI=1S/C9H13NO5/c10-4-3-5(11)8(12)6-1-2-7(15-6)9(13)14/h1-2,5,8,11-12H,3-4,10H2,(H,13,14). The van der Waals surface area contributed by atoms with Gasteiger partial charge in [-0.15, -0.1) is 0 Å². The Morgan fingerprint density at radius 2 is 2.13 bits per heavy atom. The number of aliphatic hydroxyl groups excluding tert-OH is 2. The summed E-state index contributed by atoms with van der Waals surface area (Å²) < 4.78 is 4.82. The summed E-state index contributed by atoms with van der Waals surface area (Å²) in [6.45, 7) is 0.227. The molecule has 1 aromatic heterocycles. The first kappa shape index (κ1) is 11.7. The van der Waals surface area contributed by atoms with Gasteiger partial charge in [0.05, 0.1) is 6.10 Å². The van der Waals surface area contributed by atoms with Gasteiger partial charge in [0.2, 0.25) is 5.76 Å². The fraction of sp³-hybridized carbons (Fsp3) is 0.444. The molecule has 0 amide bonds. The van der Waals surface area contributed by atoms with Crippen molar-refractivity contribution in [2.45, 2.75) is 18.6 Å². The molecule has 5 N–H and O–H groups in total. The first-order chi connectivity index (χ1) is 7.06. The molecule has 1 aromatic rings. The van der Waals surface area contributed by atoms with Gasteiger partial charge in [0.25, 0.3) is 0 Å². The third-order valence-electron chi connectivity index (χ3n) is 1.96. The summed E-state index contributed by atoms with van der Waals surface area (Å²) in [6.07, 6.45) is -2.09. The Hall–Kier alpha value is -1.37. The molecule has 2 unspecified atom stereocenters. The SMILES string of the molecule is NCCC(O)C(O)c1ccc(C(=O)O)o1. The summed E-state index contributed by atoms with van der Waals surface area (Å²) >= 11 is 0. The van der Waals surface area contributed by atoms with E-state index in [1.54, 1.807) is 0 Å². The third kappa shape index (κ3) is 2.79. The Morgan fingerprint density at radius 1 is 1.47 bits per heavy atom. The van der Waals surface area contributed by atoms with Crippen LogP contribution in [0.3, 0.4) is 0 Å². The van der Waals surface area contributed by atoms with E-state index in [0.29, 0.717) is 0 Å². The number of hydrogen-bond donors (Lipinski definition) is 4. The lowest BCUT2D eigenvalue weighted by molar-refractivity contribution is 0.00152. The van der Waals surface area contributed by atoms with Crippen molar-refractivity contribution in [2.24, 2.45) is 5.73 Å². The molecule has 15 heavy (non-hydrogen) atoms. The largest absolute Gasteiger partial charge is 0.475 e. The number of nitrogens with two attached hydrogens (primary N) is 1. The number of hydrogen-bond acceptors (Lipinski definition) is 5. The smallest absolute Gasteiger partial charge is 0.371 e. The van der Waals surface area contributed by atoms with Gasteiger partial charge in [-0.05, 0) is 25.1 Å². The number of aliphatic hydroxyl groups is 2. The maximum absolute atomic E-state index is 10.5. The molecule has 0 bridgehead atoms. The van der Waals surface area contributed by atoms with Crippen molar-refractivity contribution in [3.8, 4) is 0 Å². The summed E-state index contributed by atoms with van der Waals surface area (Å²) in [5.41, 5.74) is 5.20. The lowest BCUT2D eigenvalue weighted by atomic mass is 10.1. The van der Waals surface area contributed by atoms with Crippen LogP contribution in [0, 0.1) is 0 Å². The normalized spacial score (nSPS) is 14.9. The molecular formula is C9H13NO5. The Kier molecular flexibility index (Phi) is 3.84. The molecule has 1 rings (SSSR count). The van der Waals surface area contributed by atoms with Crippen molar-refractivity contribution in [3.05, 3.63) is 23.7 Å². The van der Waals surface area contributed by atoms with Crippen molar-refractivity contribution >= 4 is 5.97 Å². The zero-order chi connectivity index (χ0) is 11.4. The summed E-state index contributed by atoms with van der Waals surface area (Å²) in [6, 6.07) is 2.53. The average molecular weight is 215 g/mol. The third-order valence-corrected chi connectivity index (χ3v) is 1.96. The second kappa shape index (κ2) is 4.92. The van der Waals surface area contributed by atoms with E-state index in [9.17, 15) is 15.0 Å². The van der Waals surface area contributed by atoms with Crippen LogP contribution in [0.1, 0.15) is 28.8 Å². The van der Waals surface area contributed by atoms with Gasteiger partial charge in [-0.2, -0.15) is 0 Å². The highest BCUT2D eigenvalue weighted by molar-refractivity contribution is 5.84. The van der Waals surface area contributed by atoms with Gasteiger partial charge in [-0.1, -0.05) is 0 Å². The van der Waals surface area contributed by atoms with E-state index in [-0.39, 0.29) is 24.5 Å². The van der Waals surface area contributed by atoms with Crippen LogP contribution in [0.25, 0.3) is 0 Å². The van der Waals surface area contributed by atoms with Crippen molar-refractivity contribution in [1.29, 1.82) is 0 Å². The second-order valence-electron chi connectivity index (χ2n) is 3.10. The minimum Gasteiger partial charge on any atom is -0.475 e. The first-order valence-corrected chi connectivity index (χ1v) is 4.45. The number of furan rings is 1. The molecule has 6 heteroatoms. The van der Waals surface area contributed by atoms with Gasteiger partial charge in [0, 0.05) is 0 Å². The van der Waals surface area contributed by atoms with E-state index in [4.69, 9.17) is 15.3 Å². The molecule has 0 aliphatic carbocycles. The van der Waals surface area contributed by atoms with Crippen LogP contribution in [0.5, 0.6) is 0 Å².